The molecular weight excluding hydrogens is 202 g/mol. The second kappa shape index (κ2) is 5.21. The van der Waals surface area contributed by atoms with E-state index in [2.05, 4.69) is 24.4 Å². The monoisotopic (exact) mass is 221 g/mol. The van der Waals surface area contributed by atoms with Crippen molar-refractivity contribution in [2.75, 3.05) is 26.8 Å². The number of fused-ring (bicyclic) bond motifs is 1. The molecular formula is C13H19NO2. The van der Waals surface area contributed by atoms with Gasteiger partial charge in [0, 0.05) is 0 Å². The molecule has 16 heavy (non-hydrogen) atoms. The van der Waals surface area contributed by atoms with Gasteiger partial charge in [0.1, 0.15) is 13.2 Å². The van der Waals surface area contributed by atoms with Crippen molar-refractivity contribution >= 4 is 0 Å². The maximum Gasteiger partial charge on any atom is 0.161 e. The van der Waals surface area contributed by atoms with Gasteiger partial charge in [-0.05, 0) is 56.6 Å². The van der Waals surface area contributed by atoms with Crippen LogP contribution in [0.2, 0.25) is 0 Å². The topological polar surface area (TPSA) is 30.5 Å². The molecule has 1 aromatic rings. The lowest BCUT2D eigenvalue weighted by Gasteiger charge is -2.20. The predicted molar refractivity (Wildman–Crippen MR) is 64.4 cm³/mol. The molecule has 0 unspecified atom stereocenters. The number of benzene rings is 1. The summed E-state index contributed by atoms with van der Waals surface area (Å²) in [6.07, 6.45) is 2.24. The van der Waals surface area contributed by atoms with Gasteiger partial charge in [-0.2, -0.15) is 0 Å². The Morgan fingerprint density at radius 2 is 1.88 bits per heavy atom. The van der Waals surface area contributed by atoms with Crippen LogP contribution in [0.3, 0.4) is 0 Å². The molecule has 2 rings (SSSR count). The van der Waals surface area contributed by atoms with E-state index >= 15 is 0 Å². The van der Waals surface area contributed by atoms with Gasteiger partial charge in [0.2, 0.25) is 0 Å². The molecule has 0 atom stereocenters. The van der Waals surface area contributed by atoms with Crippen molar-refractivity contribution in [1.82, 2.24) is 5.32 Å². The van der Waals surface area contributed by atoms with Crippen molar-refractivity contribution in [1.29, 1.82) is 0 Å². The second-order valence-electron chi connectivity index (χ2n) is 4.13. The van der Waals surface area contributed by atoms with Gasteiger partial charge in [0.25, 0.3) is 0 Å². The molecule has 0 bridgehead atoms. The van der Waals surface area contributed by atoms with Crippen LogP contribution in [0.25, 0.3) is 0 Å². The Morgan fingerprint density at radius 3 is 2.56 bits per heavy atom. The highest BCUT2D eigenvalue weighted by molar-refractivity contribution is 5.47. The minimum Gasteiger partial charge on any atom is -0.486 e. The molecule has 1 aliphatic rings. The summed E-state index contributed by atoms with van der Waals surface area (Å²) in [5, 5.41) is 3.16. The fourth-order valence-corrected chi connectivity index (χ4v) is 1.96. The number of ether oxygens (including phenoxy) is 2. The van der Waals surface area contributed by atoms with Crippen LogP contribution in [0.15, 0.2) is 12.1 Å². The smallest absolute Gasteiger partial charge is 0.161 e. The maximum absolute atomic E-state index is 5.58. The first-order valence-corrected chi connectivity index (χ1v) is 5.85. The second-order valence-corrected chi connectivity index (χ2v) is 4.13. The lowest BCUT2D eigenvalue weighted by Crippen LogP contribution is -2.16. The average molecular weight is 221 g/mol. The van der Waals surface area contributed by atoms with Crippen molar-refractivity contribution < 1.29 is 9.47 Å². The van der Waals surface area contributed by atoms with Crippen molar-refractivity contribution in [3.05, 3.63) is 23.3 Å². The van der Waals surface area contributed by atoms with Crippen molar-refractivity contribution in [2.45, 2.75) is 19.8 Å². The molecule has 0 saturated carbocycles. The normalized spacial score (nSPS) is 13.9. The molecule has 0 aliphatic carbocycles. The lowest BCUT2D eigenvalue weighted by atomic mass is 10.0. The Labute approximate surface area is 96.8 Å². The van der Waals surface area contributed by atoms with Gasteiger partial charge >= 0.3 is 0 Å². The van der Waals surface area contributed by atoms with Gasteiger partial charge in [-0.25, -0.2) is 0 Å². The van der Waals surface area contributed by atoms with Crippen LogP contribution in [0.5, 0.6) is 11.5 Å². The fraction of sp³-hybridized carbons (Fsp3) is 0.538. The Balaban J connectivity index is 2.12. The quantitative estimate of drug-likeness (QED) is 0.788. The van der Waals surface area contributed by atoms with Crippen LogP contribution in [-0.4, -0.2) is 26.8 Å². The summed E-state index contributed by atoms with van der Waals surface area (Å²) in [5.74, 6) is 1.79. The third kappa shape index (κ3) is 2.47. The van der Waals surface area contributed by atoms with E-state index in [0.29, 0.717) is 13.2 Å². The van der Waals surface area contributed by atoms with E-state index in [1.165, 1.54) is 11.1 Å². The molecule has 88 valence electrons. The predicted octanol–water partition coefficient (Wildman–Crippen LogP) is 1.92. The molecule has 0 fully saturated rings. The third-order valence-electron chi connectivity index (χ3n) is 2.87. The van der Waals surface area contributed by atoms with E-state index in [0.717, 1.165) is 30.9 Å². The third-order valence-corrected chi connectivity index (χ3v) is 2.87. The number of aryl methyl sites for hydroxylation is 2. The highest BCUT2D eigenvalue weighted by Gasteiger charge is 2.13. The Kier molecular flexibility index (Phi) is 3.67. The maximum atomic E-state index is 5.58. The number of rotatable bonds is 4. The zero-order valence-electron chi connectivity index (χ0n) is 10.0. The Bertz CT molecular complexity index is 363. The summed E-state index contributed by atoms with van der Waals surface area (Å²) in [5.41, 5.74) is 2.65. The molecule has 1 aliphatic heterocycles. The zero-order valence-corrected chi connectivity index (χ0v) is 10.0. The van der Waals surface area contributed by atoms with Crippen molar-refractivity contribution in [3.63, 3.8) is 0 Å². The molecule has 0 spiro atoms. The largest absolute Gasteiger partial charge is 0.486 e. The summed E-state index contributed by atoms with van der Waals surface area (Å²) in [4.78, 5) is 0. The van der Waals surface area contributed by atoms with Gasteiger partial charge in [0.05, 0.1) is 0 Å². The van der Waals surface area contributed by atoms with E-state index < -0.39 is 0 Å². The standard InChI is InChI=1S/C13H19NO2/c1-10-8-12-13(16-7-6-15-12)9-11(10)4-3-5-14-2/h8-9,14H,3-7H2,1-2H3. The Hall–Kier alpha value is -1.22. The van der Waals surface area contributed by atoms with Crippen molar-refractivity contribution in [3.8, 4) is 11.5 Å². The lowest BCUT2D eigenvalue weighted by molar-refractivity contribution is 0.171. The molecule has 0 amide bonds. The first-order chi connectivity index (χ1) is 7.81. The average Bonchev–Trinajstić information content (AvgIpc) is 2.30. The number of nitrogens with one attached hydrogen (secondary N) is 1. The summed E-state index contributed by atoms with van der Waals surface area (Å²) in [6, 6.07) is 4.21. The van der Waals surface area contributed by atoms with Gasteiger partial charge < -0.3 is 14.8 Å². The molecule has 3 heteroatoms. The van der Waals surface area contributed by atoms with Gasteiger partial charge in [0.15, 0.2) is 11.5 Å². The molecule has 1 N–H and O–H groups in total. The molecule has 1 aromatic carbocycles. The molecule has 1 heterocycles. The summed E-state index contributed by atoms with van der Waals surface area (Å²) in [7, 11) is 1.98. The van der Waals surface area contributed by atoms with Gasteiger partial charge in [-0.3, -0.25) is 0 Å². The van der Waals surface area contributed by atoms with E-state index in [1.54, 1.807) is 0 Å². The SMILES string of the molecule is CNCCCc1cc2c(cc1C)OCCO2. The number of hydrogen-bond donors (Lipinski definition) is 1. The summed E-state index contributed by atoms with van der Waals surface area (Å²) in [6.45, 7) is 4.50. The summed E-state index contributed by atoms with van der Waals surface area (Å²) >= 11 is 0. The fourth-order valence-electron chi connectivity index (χ4n) is 1.96. The first-order valence-electron chi connectivity index (χ1n) is 5.85. The van der Waals surface area contributed by atoms with E-state index in [9.17, 15) is 0 Å². The molecule has 0 saturated heterocycles. The number of hydrogen-bond acceptors (Lipinski definition) is 3. The van der Waals surface area contributed by atoms with Crippen LogP contribution >= 0.6 is 0 Å². The van der Waals surface area contributed by atoms with Crippen molar-refractivity contribution in [2.24, 2.45) is 0 Å². The van der Waals surface area contributed by atoms with Crippen LogP contribution in [0, 0.1) is 6.92 Å². The van der Waals surface area contributed by atoms with E-state index in [-0.39, 0.29) is 0 Å². The minimum absolute atomic E-state index is 0.658. The zero-order chi connectivity index (χ0) is 11.4. The first kappa shape index (κ1) is 11.3. The van der Waals surface area contributed by atoms with Crippen LogP contribution in [-0.2, 0) is 6.42 Å². The van der Waals surface area contributed by atoms with Gasteiger partial charge in [-0.1, -0.05) is 0 Å². The van der Waals surface area contributed by atoms with E-state index in [1.807, 2.05) is 7.05 Å². The highest BCUT2D eigenvalue weighted by Crippen LogP contribution is 2.33. The molecule has 0 aromatic heterocycles. The van der Waals surface area contributed by atoms with Crippen LogP contribution in [0.1, 0.15) is 17.5 Å². The summed E-state index contributed by atoms with van der Waals surface area (Å²) < 4.78 is 11.1. The highest BCUT2D eigenvalue weighted by atomic mass is 16.6. The van der Waals surface area contributed by atoms with E-state index in [4.69, 9.17) is 9.47 Å². The minimum atomic E-state index is 0.658. The Morgan fingerprint density at radius 1 is 1.19 bits per heavy atom. The van der Waals surface area contributed by atoms with Crippen LogP contribution in [0.4, 0.5) is 0 Å². The van der Waals surface area contributed by atoms with Gasteiger partial charge in [-0.15, -0.1) is 0 Å². The molecule has 3 nitrogen and oxygen atoms in total. The molecule has 0 radical (unpaired) electrons. The van der Waals surface area contributed by atoms with Crippen LogP contribution < -0.4 is 14.8 Å².